The molecule has 0 unspecified atom stereocenters. The number of nitrogens with zero attached hydrogens (tertiary/aromatic N) is 2. The summed E-state index contributed by atoms with van der Waals surface area (Å²) >= 11 is 0. The first-order valence-corrected chi connectivity index (χ1v) is 29.3. The molecule has 7 aromatic carbocycles. The molecule has 0 saturated carbocycles. The van der Waals surface area contributed by atoms with Crippen molar-refractivity contribution in [2.24, 2.45) is 0 Å². The minimum atomic E-state index is 0.670. The van der Waals surface area contributed by atoms with Gasteiger partial charge in [0.25, 0.3) is 0 Å². The monoisotopic (exact) mass is 1010 g/mol. The topological polar surface area (TPSA) is 24.9 Å². The molecule has 7 rings (SSSR count). The minimum absolute atomic E-state index is 0.670. The van der Waals surface area contributed by atoms with Gasteiger partial charge in [0.15, 0.2) is 0 Å². The second-order valence-electron chi connectivity index (χ2n) is 20.9. The van der Waals surface area contributed by atoms with Crippen molar-refractivity contribution < 1.29 is 9.47 Å². The highest BCUT2D eigenvalue weighted by atomic mass is 16.5. The lowest BCUT2D eigenvalue weighted by atomic mass is 10.0. The van der Waals surface area contributed by atoms with Crippen LogP contribution in [0.5, 0.6) is 11.5 Å². The van der Waals surface area contributed by atoms with Crippen LogP contribution in [0.2, 0.25) is 0 Å². The predicted molar refractivity (Wildman–Crippen MR) is 331 cm³/mol. The zero-order valence-electron chi connectivity index (χ0n) is 46.7. The molecule has 0 radical (unpaired) electrons. The van der Waals surface area contributed by atoms with Crippen molar-refractivity contribution in [3.8, 4) is 11.5 Å². The van der Waals surface area contributed by atoms with E-state index in [0.29, 0.717) is 13.2 Å². The van der Waals surface area contributed by atoms with Crippen LogP contribution in [-0.4, -0.2) is 13.2 Å². The molecule has 0 aromatic heterocycles. The third-order valence-corrected chi connectivity index (χ3v) is 14.4. The number of benzene rings is 7. The number of rotatable bonds is 34. The van der Waals surface area contributed by atoms with Gasteiger partial charge in [-0.05, 0) is 134 Å². The van der Waals surface area contributed by atoms with E-state index in [1.165, 1.54) is 127 Å². The zero-order chi connectivity index (χ0) is 52.8. The van der Waals surface area contributed by atoms with Crippen LogP contribution in [0.3, 0.4) is 0 Å². The Hall–Kier alpha value is -6.78. The number of aryl methyl sites for hydroxylation is 2. The van der Waals surface area contributed by atoms with Gasteiger partial charge in [-0.1, -0.05) is 239 Å². The van der Waals surface area contributed by atoms with Gasteiger partial charge in [-0.3, -0.25) is 0 Å². The van der Waals surface area contributed by atoms with Crippen molar-refractivity contribution in [1.82, 2.24) is 0 Å². The van der Waals surface area contributed by atoms with E-state index in [1.54, 1.807) is 0 Å². The van der Waals surface area contributed by atoms with E-state index in [4.69, 9.17) is 9.47 Å². The molecule has 0 bridgehead atoms. The fraction of sp³-hybridized carbons (Fsp3) is 0.361. The second-order valence-corrected chi connectivity index (χ2v) is 20.9. The Kier molecular flexibility index (Phi) is 24.4. The maximum absolute atomic E-state index is 6.93. The Morgan fingerprint density at radius 1 is 0.316 bits per heavy atom. The maximum Gasteiger partial charge on any atom is 0.133 e. The largest absolute Gasteiger partial charge is 0.494 e. The number of anilines is 6. The molecule has 4 nitrogen and oxygen atoms in total. The Morgan fingerprint density at radius 2 is 0.658 bits per heavy atom. The summed E-state index contributed by atoms with van der Waals surface area (Å²) in [6.07, 6.45) is 34.7. The first-order valence-electron chi connectivity index (χ1n) is 29.3. The molecular weight excluding hydrogens is 925 g/mol. The number of para-hydroxylation sites is 2. The van der Waals surface area contributed by atoms with Crippen molar-refractivity contribution >= 4 is 58.4 Å². The summed E-state index contributed by atoms with van der Waals surface area (Å²) in [5, 5.41) is 0. The number of hydrogen-bond acceptors (Lipinski definition) is 4. The van der Waals surface area contributed by atoms with Gasteiger partial charge in [-0.2, -0.15) is 0 Å². The SMILES string of the molecule is CCCCCCCCCCCCOc1cc(C=Cc2ccc(N(c3ccccc3)c3cccc(C)c3)cc2)c(OCCCCCCCCCCCC)c(C=Cc2ccc(N(c3ccccc3)c3cccc(C)c3)cc2)c1. The molecule has 0 amide bonds. The fourth-order valence-corrected chi connectivity index (χ4v) is 10.1. The van der Waals surface area contributed by atoms with Gasteiger partial charge in [0.05, 0.1) is 13.2 Å². The third-order valence-electron chi connectivity index (χ3n) is 14.4. The molecule has 0 fully saturated rings. The van der Waals surface area contributed by atoms with Crippen molar-refractivity contribution in [1.29, 1.82) is 0 Å². The number of ether oxygens (including phenoxy) is 2. The van der Waals surface area contributed by atoms with Crippen molar-refractivity contribution in [2.75, 3.05) is 23.0 Å². The molecular formula is C72H88N2O2. The molecule has 0 saturated heterocycles. The molecule has 0 aliphatic rings. The molecule has 0 heterocycles. The van der Waals surface area contributed by atoms with Crippen LogP contribution in [0.4, 0.5) is 34.1 Å². The summed E-state index contributed by atoms with van der Waals surface area (Å²) in [7, 11) is 0. The van der Waals surface area contributed by atoms with E-state index in [1.807, 2.05) is 0 Å². The Labute approximate surface area is 459 Å². The lowest BCUT2D eigenvalue weighted by molar-refractivity contribution is 0.295. The normalized spacial score (nSPS) is 11.4. The van der Waals surface area contributed by atoms with Crippen LogP contribution in [-0.2, 0) is 0 Å². The summed E-state index contributed by atoms with van der Waals surface area (Å²) in [5.74, 6) is 1.77. The Balaban J connectivity index is 1.15. The van der Waals surface area contributed by atoms with Gasteiger partial charge >= 0.3 is 0 Å². The highest BCUT2D eigenvalue weighted by Crippen LogP contribution is 2.38. The number of hydrogen-bond donors (Lipinski definition) is 0. The van der Waals surface area contributed by atoms with E-state index >= 15 is 0 Å². The average Bonchev–Trinajstić information content (AvgIpc) is 3.44. The van der Waals surface area contributed by atoms with Crippen LogP contribution in [0.15, 0.2) is 170 Å². The molecule has 398 valence electrons. The van der Waals surface area contributed by atoms with Crippen molar-refractivity contribution in [2.45, 2.75) is 156 Å². The van der Waals surface area contributed by atoms with Crippen LogP contribution >= 0.6 is 0 Å². The minimum Gasteiger partial charge on any atom is -0.494 e. The summed E-state index contributed by atoms with van der Waals surface area (Å²) in [4.78, 5) is 4.65. The molecule has 0 aliphatic carbocycles. The fourth-order valence-electron chi connectivity index (χ4n) is 10.1. The predicted octanol–water partition coefficient (Wildman–Crippen LogP) is 22.2. The van der Waals surface area contributed by atoms with Gasteiger partial charge in [0.2, 0.25) is 0 Å². The van der Waals surface area contributed by atoms with Crippen molar-refractivity contribution in [3.05, 3.63) is 203 Å². The lowest BCUT2D eigenvalue weighted by Crippen LogP contribution is -2.09. The average molecular weight is 1010 g/mol. The summed E-state index contributed by atoms with van der Waals surface area (Å²) in [6.45, 7) is 10.3. The third kappa shape index (κ3) is 18.8. The standard InChI is InChI=1S/C72H88N2O2/c1-5-7-9-11-13-15-17-19-21-29-53-75-71-57-63(47-41-61-43-49-67(50-44-61)73(65-35-25-23-26-36-65)69-39-31-33-59(3)55-69)72(76-54-30-22-20-18-16-14-12-10-8-6-2)64(58-71)48-42-62-45-51-68(52-46-62)74(66-37-27-24-28-38-66)70-40-32-34-60(4)56-70/h23-28,31-52,55-58H,5-22,29-30,53-54H2,1-4H3. The van der Waals surface area contributed by atoms with E-state index in [9.17, 15) is 0 Å². The lowest BCUT2D eigenvalue weighted by Gasteiger charge is -2.25. The van der Waals surface area contributed by atoms with Crippen LogP contribution in [0.1, 0.15) is 176 Å². The first-order chi connectivity index (χ1) is 37.5. The van der Waals surface area contributed by atoms with Crippen LogP contribution < -0.4 is 19.3 Å². The van der Waals surface area contributed by atoms with Crippen LogP contribution in [0, 0.1) is 13.8 Å². The second kappa shape index (κ2) is 32.6. The zero-order valence-corrected chi connectivity index (χ0v) is 46.7. The maximum atomic E-state index is 6.93. The van der Waals surface area contributed by atoms with Crippen LogP contribution in [0.25, 0.3) is 24.3 Å². The van der Waals surface area contributed by atoms with Gasteiger partial charge in [-0.15, -0.1) is 0 Å². The van der Waals surface area contributed by atoms with Gasteiger partial charge in [-0.25, -0.2) is 0 Å². The molecule has 4 heteroatoms. The first kappa shape index (κ1) is 56.9. The Bertz CT molecular complexity index is 2600. The molecule has 7 aromatic rings. The highest BCUT2D eigenvalue weighted by molar-refractivity contribution is 5.83. The molecule has 0 spiro atoms. The van der Waals surface area contributed by atoms with E-state index in [0.717, 1.165) is 80.7 Å². The Morgan fingerprint density at radius 3 is 1.04 bits per heavy atom. The summed E-state index contributed by atoms with van der Waals surface area (Å²) in [5.41, 5.74) is 13.5. The number of unbranched alkanes of at least 4 members (excludes halogenated alkanes) is 18. The molecule has 0 atom stereocenters. The molecule has 0 N–H and O–H groups in total. The van der Waals surface area contributed by atoms with Gasteiger partial charge < -0.3 is 19.3 Å². The van der Waals surface area contributed by atoms with Gasteiger partial charge in [0.1, 0.15) is 11.5 Å². The summed E-state index contributed by atoms with van der Waals surface area (Å²) < 4.78 is 13.6. The van der Waals surface area contributed by atoms with E-state index in [-0.39, 0.29) is 0 Å². The quantitative estimate of drug-likeness (QED) is 0.0297. The van der Waals surface area contributed by atoms with Crippen molar-refractivity contribution in [3.63, 3.8) is 0 Å². The smallest absolute Gasteiger partial charge is 0.133 e. The highest BCUT2D eigenvalue weighted by Gasteiger charge is 2.15. The summed E-state index contributed by atoms with van der Waals surface area (Å²) in [6, 6.07) is 60.9. The van der Waals surface area contributed by atoms with Gasteiger partial charge in [0, 0.05) is 45.3 Å². The van der Waals surface area contributed by atoms with E-state index in [2.05, 4.69) is 232 Å². The molecule has 0 aliphatic heterocycles. The molecule has 76 heavy (non-hydrogen) atoms. The van der Waals surface area contributed by atoms with E-state index < -0.39 is 0 Å².